The summed E-state index contributed by atoms with van der Waals surface area (Å²) in [6.07, 6.45) is 0. The Morgan fingerprint density at radius 2 is 0.833 bits per heavy atom. The number of hydrogen-bond donors (Lipinski definition) is 0. The smallest absolute Gasteiger partial charge is 0.143 e. The third-order valence-electron chi connectivity index (χ3n) is 8.06. The molecular weight excluding hydrogens is 520 g/mol. The van der Waals surface area contributed by atoms with Crippen LogP contribution in [0.15, 0.2) is 130 Å². The van der Waals surface area contributed by atoms with Crippen LogP contribution in [0, 0.1) is 0 Å². The van der Waals surface area contributed by atoms with Gasteiger partial charge in [-0.25, -0.2) is 0 Å². The fourth-order valence-corrected chi connectivity index (χ4v) is 5.99. The Labute approximate surface area is 242 Å². The summed E-state index contributed by atoms with van der Waals surface area (Å²) in [6, 6.07) is 41.6. The average molecular weight is 547 g/mol. The minimum atomic E-state index is 0.805. The molecule has 6 aromatic carbocycles. The second-order valence-corrected chi connectivity index (χ2v) is 10.5. The zero-order valence-electron chi connectivity index (χ0n) is 23.2. The molecule has 0 aliphatic rings. The number of furan rings is 2. The zero-order valence-corrected chi connectivity index (χ0v) is 23.2. The van der Waals surface area contributed by atoms with E-state index in [1.807, 2.05) is 48.5 Å². The number of benzene rings is 6. The highest BCUT2D eigenvalue weighted by molar-refractivity contribution is 6.21. The van der Waals surface area contributed by atoms with Gasteiger partial charge in [-0.2, -0.15) is 0 Å². The minimum absolute atomic E-state index is 0.805. The number of fused-ring (bicyclic) bond motifs is 4. The molecule has 0 N–H and O–H groups in total. The van der Waals surface area contributed by atoms with E-state index in [1.54, 1.807) is 14.2 Å². The molecule has 42 heavy (non-hydrogen) atoms. The van der Waals surface area contributed by atoms with Crippen molar-refractivity contribution in [1.82, 2.24) is 0 Å². The lowest BCUT2D eigenvalue weighted by Crippen LogP contribution is -1.87. The van der Waals surface area contributed by atoms with Crippen molar-refractivity contribution in [2.24, 2.45) is 0 Å². The Balaban J connectivity index is 1.45. The maximum Gasteiger partial charge on any atom is 0.143 e. The van der Waals surface area contributed by atoms with E-state index in [-0.39, 0.29) is 0 Å². The van der Waals surface area contributed by atoms with E-state index < -0.39 is 0 Å². The predicted octanol–water partition coefficient (Wildman–Crippen LogP) is 10.5. The van der Waals surface area contributed by atoms with Crippen LogP contribution in [-0.4, -0.2) is 14.2 Å². The van der Waals surface area contributed by atoms with Crippen molar-refractivity contribution in [2.45, 2.75) is 0 Å². The Bertz CT molecular complexity index is 2090. The van der Waals surface area contributed by atoms with Gasteiger partial charge in [0, 0.05) is 33.0 Å². The third kappa shape index (κ3) is 3.84. The van der Waals surface area contributed by atoms with E-state index in [0.717, 1.165) is 88.8 Å². The van der Waals surface area contributed by atoms with Gasteiger partial charge in [-0.15, -0.1) is 0 Å². The molecule has 0 saturated carbocycles. The Morgan fingerprint density at radius 1 is 0.429 bits per heavy atom. The van der Waals surface area contributed by atoms with E-state index >= 15 is 0 Å². The topological polar surface area (TPSA) is 44.7 Å². The van der Waals surface area contributed by atoms with E-state index in [9.17, 15) is 0 Å². The van der Waals surface area contributed by atoms with Crippen LogP contribution in [0.1, 0.15) is 0 Å². The molecule has 0 amide bonds. The number of ether oxygens (including phenoxy) is 2. The summed E-state index contributed by atoms with van der Waals surface area (Å²) < 4.78 is 24.2. The van der Waals surface area contributed by atoms with Crippen molar-refractivity contribution < 1.29 is 18.3 Å². The molecule has 2 heterocycles. The molecule has 0 spiro atoms. The highest BCUT2D eigenvalue weighted by atomic mass is 16.5. The maximum absolute atomic E-state index is 6.74. The molecule has 0 bridgehead atoms. The second-order valence-electron chi connectivity index (χ2n) is 10.5. The SMILES string of the molecule is COc1ccc(-c2cc3cc4ccccc4c(-c4c5ccccc5cc5cc(-c6ccc(OC)cc6)oc45)c3o2)cc1. The molecule has 4 nitrogen and oxygen atoms in total. The molecule has 0 aliphatic heterocycles. The molecule has 0 saturated heterocycles. The molecule has 8 rings (SSSR count). The van der Waals surface area contributed by atoms with Crippen molar-refractivity contribution >= 4 is 43.5 Å². The molecule has 0 atom stereocenters. The van der Waals surface area contributed by atoms with Gasteiger partial charge >= 0.3 is 0 Å². The van der Waals surface area contributed by atoms with Crippen molar-refractivity contribution in [1.29, 1.82) is 0 Å². The Hall–Kier alpha value is -5.48. The molecular formula is C38H26O4. The lowest BCUT2D eigenvalue weighted by atomic mass is 9.91. The summed E-state index contributed by atoms with van der Waals surface area (Å²) >= 11 is 0. The first-order chi connectivity index (χ1) is 20.7. The molecule has 2 aromatic heterocycles. The average Bonchev–Trinajstić information content (AvgIpc) is 3.67. The van der Waals surface area contributed by atoms with Crippen LogP contribution < -0.4 is 9.47 Å². The number of rotatable bonds is 5. The molecule has 8 aromatic rings. The third-order valence-corrected chi connectivity index (χ3v) is 8.06. The van der Waals surface area contributed by atoms with Crippen molar-refractivity contribution in [2.75, 3.05) is 14.2 Å². The highest BCUT2D eigenvalue weighted by Crippen LogP contribution is 2.47. The zero-order chi connectivity index (χ0) is 28.2. The predicted molar refractivity (Wildman–Crippen MR) is 170 cm³/mol. The maximum atomic E-state index is 6.74. The van der Waals surface area contributed by atoms with Gasteiger partial charge in [-0.05, 0) is 94.3 Å². The van der Waals surface area contributed by atoms with Gasteiger partial charge in [0.15, 0.2) is 0 Å². The Morgan fingerprint density at radius 3 is 1.24 bits per heavy atom. The normalized spacial score (nSPS) is 11.6. The quantitative estimate of drug-likeness (QED) is 0.215. The van der Waals surface area contributed by atoms with Crippen molar-refractivity contribution in [3.63, 3.8) is 0 Å². The van der Waals surface area contributed by atoms with Gasteiger partial charge in [-0.3, -0.25) is 0 Å². The van der Waals surface area contributed by atoms with Crippen LogP contribution in [0.5, 0.6) is 11.5 Å². The molecule has 0 aliphatic carbocycles. The van der Waals surface area contributed by atoms with Crippen LogP contribution in [-0.2, 0) is 0 Å². The monoisotopic (exact) mass is 546 g/mol. The summed E-state index contributed by atoms with van der Waals surface area (Å²) in [5, 5.41) is 6.59. The number of hydrogen-bond acceptors (Lipinski definition) is 4. The lowest BCUT2D eigenvalue weighted by Gasteiger charge is -2.12. The fourth-order valence-electron chi connectivity index (χ4n) is 5.99. The summed E-state index contributed by atoms with van der Waals surface area (Å²) in [6.45, 7) is 0. The minimum Gasteiger partial charge on any atom is -0.497 e. The first kappa shape index (κ1) is 24.3. The summed E-state index contributed by atoms with van der Waals surface area (Å²) in [4.78, 5) is 0. The van der Waals surface area contributed by atoms with Crippen LogP contribution in [0.4, 0.5) is 0 Å². The molecule has 0 radical (unpaired) electrons. The summed E-state index contributed by atoms with van der Waals surface area (Å²) in [5.74, 6) is 3.23. The fraction of sp³-hybridized carbons (Fsp3) is 0.0526. The van der Waals surface area contributed by atoms with E-state index in [2.05, 4.69) is 72.8 Å². The van der Waals surface area contributed by atoms with Gasteiger partial charge < -0.3 is 18.3 Å². The van der Waals surface area contributed by atoms with E-state index in [4.69, 9.17) is 18.3 Å². The van der Waals surface area contributed by atoms with Gasteiger partial charge in [-0.1, -0.05) is 48.5 Å². The van der Waals surface area contributed by atoms with Crippen LogP contribution in [0.2, 0.25) is 0 Å². The van der Waals surface area contributed by atoms with Gasteiger partial charge in [0.05, 0.1) is 14.2 Å². The van der Waals surface area contributed by atoms with Gasteiger partial charge in [0.1, 0.15) is 34.2 Å². The van der Waals surface area contributed by atoms with E-state index in [1.165, 1.54) is 0 Å². The summed E-state index contributed by atoms with van der Waals surface area (Å²) in [7, 11) is 3.35. The standard InChI is InChI=1S/C38H26O4/c1-39-29-15-11-23(12-16-29)33-21-27-19-25-7-3-5-9-31(25)35(37(27)41-33)36-32-10-6-4-8-26(32)20-28-22-34(42-38(28)36)24-13-17-30(40-2)18-14-24/h3-22H,1-2H3. The molecule has 4 heteroatoms. The molecule has 0 unspecified atom stereocenters. The van der Waals surface area contributed by atoms with Crippen molar-refractivity contribution in [3.05, 3.63) is 121 Å². The van der Waals surface area contributed by atoms with Gasteiger partial charge in [0.25, 0.3) is 0 Å². The first-order valence-electron chi connectivity index (χ1n) is 13.9. The first-order valence-corrected chi connectivity index (χ1v) is 13.9. The Kier molecular flexibility index (Phi) is 5.54. The van der Waals surface area contributed by atoms with E-state index in [0.29, 0.717) is 0 Å². The second kappa shape index (κ2) is 9.57. The largest absolute Gasteiger partial charge is 0.497 e. The summed E-state index contributed by atoms with van der Waals surface area (Å²) in [5.41, 5.74) is 5.70. The van der Waals surface area contributed by atoms with Crippen molar-refractivity contribution in [3.8, 4) is 45.3 Å². The van der Waals surface area contributed by atoms with Crippen LogP contribution in [0.3, 0.4) is 0 Å². The van der Waals surface area contributed by atoms with Crippen LogP contribution >= 0.6 is 0 Å². The lowest BCUT2D eigenvalue weighted by molar-refractivity contribution is 0.414. The number of methoxy groups -OCH3 is 2. The van der Waals surface area contributed by atoms with Gasteiger partial charge in [0.2, 0.25) is 0 Å². The molecule has 0 fully saturated rings. The highest BCUT2D eigenvalue weighted by Gasteiger charge is 2.22. The van der Waals surface area contributed by atoms with Crippen LogP contribution in [0.25, 0.3) is 77.3 Å². The molecule has 202 valence electrons.